The van der Waals surface area contributed by atoms with E-state index in [0.29, 0.717) is 29.1 Å². The normalized spacial score (nSPS) is 20.8. The number of oxazole rings is 1. The Morgan fingerprint density at radius 2 is 2.00 bits per heavy atom. The van der Waals surface area contributed by atoms with Crippen LogP contribution < -0.4 is 0 Å². The van der Waals surface area contributed by atoms with E-state index < -0.39 is 24.0 Å². The zero-order valence-corrected chi connectivity index (χ0v) is 14.5. The van der Waals surface area contributed by atoms with Gasteiger partial charge in [-0.2, -0.15) is 13.2 Å². The number of benzene rings is 1. The largest absolute Gasteiger partial charge is 0.459 e. The summed E-state index contributed by atoms with van der Waals surface area (Å²) in [6.07, 6.45) is -1.88. The van der Waals surface area contributed by atoms with Crippen molar-refractivity contribution in [2.24, 2.45) is 11.8 Å². The Kier molecular flexibility index (Phi) is 5.55. The van der Waals surface area contributed by atoms with Gasteiger partial charge in [0.25, 0.3) is 0 Å². The first-order chi connectivity index (χ1) is 12.4. The van der Waals surface area contributed by atoms with Gasteiger partial charge in [0, 0.05) is 0 Å². The lowest BCUT2D eigenvalue weighted by atomic mass is 9.79. The Bertz CT molecular complexity index is 775. The van der Waals surface area contributed by atoms with Crippen molar-refractivity contribution in [2.45, 2.75) is 38.5 Å². The second-order valence-electron chi connectivity index (χ2n) is 6.27. The van der Waals surface area contributed by atoms with Crippen molar-refractivity contribution >= 4 is 17.6 Å². The van der Waals surface area contributed by atoms with E-state index in [9.17, 15) is 18.0 Å². The number of carbonyl (C=O) groups is 1. The summed E-state index contributed by atoms with van der Waals surface area (Å²) >= 11 is 6.06. The number of rotatable bonds is 4. The summed E-state index contributed by atoms with van der Waals surface area (Å²) < 4.78 is 49.7. The molecule has 3 rings (SSSR count). The zero-order valence-electron chi connectivity index (χ0n) is 13.8. The van der Waals surface area contributed by atoms with Crippen molar-refractivity contribution in [3.63, 3.8) is 0 Å². The molecule has 1 fully saturated rings. The van der Waals surface area contributed by atoms with Crippen molar-refractivity contribution in [2.75, 3.05) is 0 Å². The van der Waals surface area contributed by atoms with Crippen LogP contribution >= 0.6 is 11.6 Å². The Morgan fingerprint density at radius 1 is 1.27 bits per heavy atom. The molecule has 1 aromatic heterocycles. The average molecular weight is 388 g/mol. The molecule has 1 aromatic carbocycles. The quantitative estimate of drug-likeness (QED) is 0.658. The van der Waals surface area contributed by atoms with Gasteiger partial charge in [0.2, 0.25) is 5.89 Å². The predicted octanol–water partition coefficient (Wildman–Crippen LogP) is 5.41. The number of esters is 1. The van der Waals surface area contributed by atoms with Gasteiger partial charge in [0.15, 0.2) is 0 Å². The van der Waals surface area contributed by atoms with Crippen LogP contribution in [0.15, 0.2) is 34.9 Å². The lowest BCUT2D eigenvalue weighted by Gasteiger charge is -2.31. The van der Waals surface area contributed by atoms with Crippen LogP contribution in [0.3, 0.4) is 0 Å². The Labute approximate surface area is 153 Å². The summed E-state index contributed by atoms with van der Waals surface area (Å²) in [7, 11) is 0. The minimum absolute atomic E-state index is 0.0378. The summed E-state index contributed by atoms with van der Waals surface area (Å²) in [6.45, 7) is -0.242. The number of hydrogen-bond donors (Lipinski definition) is 0. The molecule has 1 saturated carbocycles. The number of nitrogens with zero attached hydrogens (tertiary/aromatic N) is 1. The molecular weight excluding hydrogens is 371 g/mol. The van der Waals surface area contributed by atoms with Gasteiger partial charge in [-0.3, -0.25) is 4.79 Å². The fourth-order valence-corrected chi connectivity index (χ4v) is 3.41. The van der Waals surface area contributed by atoms with E-state index in [1.54, 1.807) is 24.3 Å². The molecule has 0 bridgehead atoms. The molecule has 1 heterocycles. The molecule has 0 spiro atoms. The molecule has 140 valence electrons. The third-order valence-electron chi connectivity index (χ3n) is 4.51. The second kappa shape index (κ2) is 7.70. The van der Waals surface area contributed by atoms with E-state index in [1.165, 1.54) is 6.26 Å². The van der Waals surface area contributed by atoms with Gasteiger partial charge >= 0.3 is 12.1 Å². The van der Waals surface area contributed by atoms with Crippen LogP contribution in [-0.4, -0.2) is 17.1 Å². The van der Waals surface area contributed by atoms with Crippen molar-refractivity contribution < 1.29 is 27.1 Å². The van der Waals surface area contributed by atoms with Gasteiger partial charge in [-0.1, -0.05) is 36.6 Å². The highest BCUT2D eigenvalue weighted by Crippen LogP contribution is 2.42. The molecule has 0 saturated heterocycles. The van der Waals surface area contributed by atoms with E-state index >= 15 is 0 Å². The Morgan fingerprint density at radius 3 is 2.73 bits per heavy atom. The SMILES string of the molecule is O=C(OCc1coc(-c2ccccc2Cl)n1)C1CCCCC1C(F)(F)F. The molecule has 1 aliphatic carbocycles. The van der Waals surface area contributed by atoms with Crippen LogP contribution in [-0.2, 0) is 16.1 Å². The number of ether oxygens (including phenoxy) is 1. The lowest BCUT2D eigenvalue weighted by molar-refractivity contribution is -0.205. The molecule has 1 aliphatic rings. The average Bonchev–Trinajstić information content (AvgIpc) is 3.08. The van der Waals surface area contributed by atoms with Crippen LogP contribution in [0.5, 0.6) is 0 Å². The van der Waals surface area contributed by atoms with E-state index in [0.717, 1.165) is 0 Å². The van der Waals surface area contributed by atoms with Gasteiger partial charge in [-0.05, 0) is 25.0 Å². The van der Waals surface area contributed by atoms with Crippen molar-refractivity contribution in [3.05, 3.63) is 41.2 Å². The molecule has 4 nitrogen and oxygen atoms in total. The summed E-state index contributed by atoms with van der Waals surface area (Å²) in [5, 5.41) is 0.452. The minimum atomic E-state index is -4.39. The number of alkyl halides is 3. The number of carbonyl (C=O) groups excluding carboxylic acids is 1. The summed E-state index contributed by atoms with van der Waals surface area (Å²) in [4.78, 5) is 16.3. The number of aromatic nitrogens is 1. The van der Waals surface area contributed by atoms with E-state index in [1.807, 2.05) is 0 Å². The summed E-state index contributed by atoms with van der Waals surface area (Å²) in [5.74, 6) is -3.37. The van der Waals surface area contributed by atoms with Crippen LogP contribution in [0.1, 0.15) is 31.4 Å². The highest BCUT2D eigenvalue weighted by molar-refractivity contribution is 6.33. The highest BCUT2D eigenvalue weighted by atomic mass is 35.5. The summed E-state index contributed by atoms with van der Waals surface area (Å²) in [6, 6.07) is 6.94. The Hall–Kier alpha value is -2.02. The molecule has 0 amide bonds. The van der Waals surface area contributed by atoms with E-state index in [2.05, 4.69) is 4.98 Å². The molecule has 26 heavy (non-hydrogen) atoms. The lowest BCUT2D eigenvalue weighted by Crippen LogP contribution is -2.38. The third kappa shape index (κ3) is 4.20. The third-order valence-corrected chi connectivity index (χ3v) is 4.84. The first-order valence-corrected chi connectivity index (χ1v) is 8.66. The Balaban J connectivity index is 1.64. The first-order valence-electron chi connectivity index (χ1n) is 8.29. The fraction of sp³-hybridized carbons (Fsp3) is 0.444. The molecule has 2 unspecified atom stereocenters. The maximum Gasteiger partial charge on any atom is 0.392 e. The standard InChI is InChI=1S/C18H17ClF3NO3/c19-15-8-4-2-6-13(15)16-23-11(9-25-16)10-26-17(24)12-5-1-3-7-14(12)18(20,21)22/h2,4,6,8-9,12,14H,1,3,5,7,10H2. The zero-order chi connectivity index (χ0) is 18.7. The van der Waals surface area contributed by atoms with Crippen LogP contribution in [0.25, 0.3) is 11.5 Å². The van der Waals surface area contributed by atoms with Gasteiger partial charge in [0.1, 0.15) is 18.6 Å². The number of hydrogen-bond acceptors (Lipinski definition) is 4. The molecule has 0 aliphatic heterocycles. The smallest absolute Gasteiger partial charge is 0.392 e. The molecular formula is C18H17ClF3NO3. The van der Waals surface area contributed by atoms with Gasteiger partial charge < -0.3 is 9.15 Å². The first kappa shape index (κ1) is 18.8. The molecule has 8 heteroatoms. The van der Waals surface area contributed by atoms with Crippen molar-refractivity contribution in [1.29, 1.82) is 0 Å². The van der Waals surface area contributed by atoms with Crippen molar-refractivity contribution in [1.82, 2.24) is 4.98 Å². The second-order valence-corrected chi connectivity index (χ2v) is 6.68. The van der Waals surface area contributed by atoms with Gasteiger partial charge in [-0.25, -0.2) is 4.98 Å². The minimum Gasteiger partial charge on any atom is -0.459 e. The topological polar surface area (TPSA) is 52.3 Å². The van der Waals surface area contributed by atoms with Crippen LogP contribution in [0.4, 0.5) is 13.2 Å². The fourth-order valence-electron chi connectivity index (χ4n) is 3.19. The maximum absolute atomic E-state index is 13.1. The van der Waals surface area contributed by atoms with E-state index in [4.69, 9.17) is 20.8 Å². The molecule has 0 N–H and O–H groups in total. The monoisotopic (exact) mass is 387 g/mol. The molecule has 2 atom stereocenters. The highest BCUT2D eigenvalue weighted by Gasteiger charge is 2.48. The summed E-state index contributed by atoms with van der Waals surface area (Å²) in [5.41, 5.74) is 0.892. The van der Waals surface area contributed by atoms with Crippen LogP contribution in [0, 0.1) is 11.8 Å². The number of halogens is 4. The predicted molar refractivity (Wildman–Crippen MR) is 88.2 cm³/mol. The van der Waals surface area contributed by atoms with E-state index in [-0.39, 0.29) is 25.3 Å². The molecule has 0 radical (unpaired) electrons. The maximum atomic E-state index is 13.1. The molecule has 2 aromatic rings. The van der Waals surface area contributed by atoms with Gasteiger partial charge in [0.05, 0.1) is 22.4 Å². The van der Waals surface area contributed by atoms with Crippen molar-refractivity contribution in [3.8, 4) is 11.5 Å². The van der Waals surface area contributed by atoms with Gasteiger partial charge in [-0.15, -0.1) is 0 Å². The van der Waals surface area contributed by atoms with Crippen LogP contribution in [0.2, 0.25) is 5.02 Å².